The first-order chi connectivity index (χ1) is 6.09. The Hall–Kier alpha value is -0.860. The molecule has 1 aliphatic rings. The standard InChI is InChI=1S/C10H19N3/c1-7(11)9-4-3-5-10(6-9)13-8(2)12/h9-11H,3-6H2,1-2H3,(H2,12,13)/t9-,10+/m0/s1. The molecule has 0 radical (unpaired) electrons. The molecule has 0 amide bonds. The second-order valence-electron chi connectivity index (χ2n) is 3.97. The smallest absolute Gasteiger partial charge is 0.0909 e. The highest BCUT2D eigenvalue weighted by atomic mass is 14.9. The summed E-state index contributed by atoms with van der Waals surface area (Å²) in [5.41, 5.74) is 6.34. The van der Waals surface area contributed by atoms with Crippen LogP contribution in [0.4, 0.5) is 0 Å². The molecule has 3 nitrogen and oxygen atoms in total. The highest BCUT2D eigenvalue weighted by Crippen LogP contribution is 2.26. The van der Waals surface area contributed by atoms with Gasteiger partial charge in [0.1, 0.15) is 0 Å². The Labute approximate surface area is 79.9 Å². The van der Waals surface area contributed by atoms with Crippen molar-refractivity contribution in [2.24, 2.45) is 16.6 Å². The van der Waals surface area contributed by atoms with E-state index in [1.54, 1.807) is 0 Å². The van der Waals surface area contributed by atoms with Gasteiger partial charge < -0.3 is 11.1 Å². The molecule has 0 bridgehead atoms. The summed E-state index contributed by atoms with van der Waals surface area (Å²) in [6.45, 7) is 3.73. The summed E-state index contributed by atoms with van der Waals surface area (Å²) in [7, 11) is 0. The number of nitrogens with zero attached hydrogens (tertiary/aromatic N) is 1. The van der Waals surface area contributed by atoms with Crippen molar-refractivity contribution in [3.8, 4) is 0 Å². The van der Waals surface area contributed by atoms with Crippen molar-refractivity contribution < 1.29 is 0 Å². The quantitative estimate of drug-likeness (QED) is 0.496. The molecule has 13 heavy (non-hydrogen) atoms. The lowest BCUT2D eigenvalue weighted by Crippen LogP contribution is -2.24. The lowest BCUT2D eigenvalue weighted by Gasteiger charge is -2.26. The predicted octanol–water partition coefficient (Wildman–Crippen LogP) is 1.96. The zero-order chi connectivity index (χ0) is 9.84. The predicted molar refractivity (Wildman–Crippen MR) is 56.4 cm³/mol. The van der Waals surface area contributed by atoms with Crippen molar-refractivity contribution in [2.45, 2.75) is 45.6 Å². The van der Waals surface area contributed by atoms with Crippen LogP contribution in [0.2, 0.25) is 0 Å². The van der Waals surface area contributed by atoms with Crippen molar-refractivity contribution in [3.05, 3.63) is 0 Å². The largest absolute Gasteiger partial charge is 0.388 e. The van der Waals surface area contributed by atoms with Gasteiger partial charge in [-0.05, 0) is 39.0 Å². The molecule has 1 saturated carbocycles. The third kappa shape index (κ3) is 3.17. The van der Waals surface area contributed by atoms with Crippen molar-refractivity contribution in [1.82, 2.24) is 0 Å². The topological polar surface area (TPSA) is 62.2 Å². The van der Waals surface area contributed by atoms with E-state index in [-0.39, 0.29) is 0 Å². The number of aliphatic imine (C=N–C) groups is 1. The second kappa shape index (κ2) is 4.40. The third-order valence-electron chi connectivity index (χ3n) is 2.65. The zero-order valence-corrected chi connectivity index (χ0v) is 8.51. The molecule has 0 spiro atoms. The summed E-state index contributed by atoms with van der Waals surface area (Å²) in [6, 6.07) is 0.365. The minimum Gasteiger partial charge on any atom is -0.388 e. The Morgan fingerprint density at radius 2 is 2.08 bits per heavy atom. The Balaban J connectivity index is 2.51. The second-order valence-corrected chi connectivity index (χ2v) is 3.97. The molecular weight excluding hydrogens is 162 g/mol. The Morgan fingerprint density at radius 3 is 2.62 bits per heavy atom. The van der Waals surface area contributed by atoms with Gasteiger partial charge >= 0.3 is 0 Å². The fourth-order valence-electron chi connectivity index (χ4n) is 1.96. The van der Waals surface area contributed by atoms with Gasteiger partial charge in [0.2, 0.25) is 0 Å². The van der Waals surface area contributed by atoms with E-state index in [0.29, 0.717) is 17.8 Å². The summed E-state index contributed by atoms with van der Waals surface area (Å²) >= 11 is 0. The molecule has 0 aromatic rings. The molecule has 1 aliphatic carbocycles. The molecule has 3 heteroatoms. The number of rotatable bonds is 2. The van der Waals surface area contributed by atoms with E-state index >= 15 is 0 Å². The van der Waals surface area contributed by atoms with E-state index < -0.39 is 0 Å². The first-order valence-corrected chi connectivity index (χ1v) is 4.94. The van der Waals surface area contributed by atoms with E-state index in [1.807, 2.05) is 13.8 Å². The first-order valence-electron chi connectivity index (χ1n) is 4.94. The summed E-state index contributed by atoms with van der Waals surface area (Å²) in [4.78, 5) is 4.37. The molecule has 1 fully saturated rings. The van der Waals surface area contributed by atoms with Gasteiger partial charge in [0.05, 0.1) is 11.9 Å². The van der Waals surface area contributed by atoms with E-state index in [4.69, 9.17) is 11.1 Å². The molecule has 3 N–H and O–H groups in total. The minimum absolute atomic E-state index is 0.365. The van der Waals surface area contributed by atoms with E-state index in [1.165, 1.54) is 6.42 Å². The van der Waals surface area contributed by atoms with Gasteiger partial charge in [-0.2, -0.15) is 0 Å². The summed E-state index contributed by atoms with van der Waals surface area (Å²) in [6.07, 6.45) is 4.50. The monoisotopic (exact) mass is 181 g/mol. The highest BCUT2D eigenvalue weighted by molar-refractivity contribution is 5.81. The summed E-state index contributed by atoms with van der Waals surface area (Å²) < 4.78 is 0. The average Bonchev–Trinajstić information content (AvgIpc) is 2.03. The van der Waals surface area contributed by atoms with Crippen LogP contribution >= 0.6 is 0 Å². The lowest BCUT2D eigenvalue weighted by molar-refractivity contribution is 0.388. The van der Waals surface area contributed by atoms with Crippen LogP contribution in [0.1, 0.15) is 39.5 Å². The normalized spacial score (nSPS) is 30.2. The Kier molecular flexibility index (Phi) is 3.46. The maximum Gasteiger partial charge on any atom is 0.0909 e. The summed E-state index contributed by atoms with van der Waals surface area (Å²) in [5.74, 6) is 1.12. The van der Waals surface area contributed by atoms with Crippen LogP contribution < -0.4 is 5.73 Å². The molecular formula is C10H19N3. The van der Waals surface area contributed by atoms with E-state index in [0.717, 1.165) is 25.0 Å². The van der Waals surface area contributed by atoms with Crippen LogP contribution in [0.15, 0.2) is 4.99 Å². The van der Waals surface area contributed by atoms with Crippen LogP contribution in [-0.4, -0.2) is 17.6 Å². The molecule has 0 heterocycles. The van der Waals surface area contributed by atoms with Crippen molar-refractivity contribution in [3.63, 3.8) is 0 Å². The van der Waals surface area contributed by atoms with Gasteiger partial charge in [-0.25, -0.2) is 0 Å². The minimum atomic E-state index is 0.365. The Bertz CT molecular complexity index is 216. The van der Waals surface area contributed by atoms with Crippen LogP contribution in [-0.2, 0) is 0 Å². The highest BCUT2D eigenvalue weighted by Gasteiger charge is 2.22. The van der Waals surface area contributed by atoms with Crippen molar-refractivity contribution >= 4 is 11.5 Å². The van der Waals surface area contributed by atoms with Gasteiger partial charge in [-0.1, -0.05) is 6.42 Å². The first kappa shape index (κ1) is 10.2. The van der Waals surface area contributed by atoms with Crippen molar-refractivity contribution in [1.29, 1.82) is 5.41 Å². The number of amidine groups is 1. The molecule has 0 unspecified atom stereocenters. The molecule has 0 saturated heterocycles. The fourth-order valence-corrected chi connectivity index (χ4v) is 1.96. The third-order valence-corrected chi connectivity index (χ3v) is 2.65. The number of nitrogens with two attached hydrogens (primary N) is 1. The van der Waals surface area contributed by atoms with Gasteiger partial charge in [0, 0.05) is 5.71 Å². The van der Waals surface area contributed by atoms with E-state index in [2.05, 4.69) is 4.99 Å². The molecule has 1 rings (SSSR count). The van der Waals surface area contributed by atoms with E-state index in [9.17, 15) is 0 Å². The van der Waals surface area contributed by atoms with Gasteiger partial charge in [-0.15, -0.1) is 0 Å². The number of hydrogen-bond donors (Lipinski definition) is 2. The Morgan fingerprint density at radius 1 is 1.38 bits per heavy atom. The van der Waals surface area contributed by atoms with Crippen LogP contribution in [0, 0.1) is 11.3 Å². The van der Waals surface area contributed by atoms with Crippen molar-refractivity contribution in [2.75, 3.05) is 0 Å². The fraction of sp³-hybridized carbons (Fsp3) is 0.800. The maximum absolute atomic E-state index is 7.58. The SMILES string of the molecule is CC(=N)[C@H]1CCC[C@@H](N=C(C)N)C1. The van der Waals surface area contributed by atoms with Gasteiger partial charge in [0.25, 0.3) is 0 Å². The summed E-state index contributed by atoms with van der Waals surface area (Å²) in [5, 5.41) is 7.58. The van der Waals surface area contributed by atoms with Gasteiger partial charge in [-0.3, -0.25) is 4.99 Å². The van der Waals surface area contributed by atoms with Crippen LogP contribution in [0.25, 0.3) is 0 Å². The molecule has 0 aromatic heterocycles. The number of nitrogens with one attached hydrogen (secondary N) is 1. The molecule has 74 valence electrons. The lowest BCUT2D eigenvalue weighted by atomic mass is 9.83. The zero-order valence-electron chi connectivity index (χ0n) is 8.51. The molecule has 0 aromatic carbocycles. The van der Waals surface area contributed by atoms with Crippen LogP contribution in [0.3, 0.4) is 0 Å². The molecule has 0 aliphatic heterocycles. The number of hydrogen-bond acceptors (Lipinski definition) is 2. The molecule has 2 atom stereocenters. The van der Waals surface area contributed by atoms with Gasteiger partial charge in [0.15, 0.2) is 0 Å². The average molecular weight is 181 g/mol. The van der Waals surface area contributed by atoms with Crippen LogP contribution in [0.5, 0.6) is 0 Å². The maximum atomic E-state index is 7.58.